The Labute approximate surface area is 105 Å². The van der Waals surface area contributed by atoms with E-state index in [0.29, 0.717) is 25.3 Å². The summed E-state index contributed by atoms with van der Waals surface area (Å²) in [4.78, 5) is 12.5. The second-order valence-electron chi connectivity index (χ2n) is 4.70. The van der Waals surface area contributed by atoms with Crippen molar-refractivity contribution < 1.29 is 10.0 Å². The van der Waals surface area contributed by atoms with Gasteiger partial charge in [0.05, 0.1) is 11.0 Å². The van der Waals surface area contributed by atoms with Crippen LogP contribution in [0, 0.1) is 16.0 Å². The molecule has 0 spiro atoms. The van der Waals surface area contributed by atoms with E-state index in [4.69, 9.17) is 0 Å². The molecule has 1 fully saturated rings. The average Bonchev–Trinajstić information content (AvgIpc) is 2.72. The van der Waals surface area contributed by atoms with Crippen LogP contribution in [0.1, 0.15) is 19.8 Å². The topological polar surface area (TPSA) is 84.4 Å². The highest BCUT2D eigenvalue weighted by Crippen LogP contribution is 2.31. The van der Waals surface area contributed by atoms with Crippen molar-refractivity contribution in [1.82, 2.24) is 9.78 Å². The van der Waals surface area contributed by atoms with Crippen LogP contribution in [-0.4, -0.2) is 39.0 Å². The lowest BCUT2D eigenvalue weighted by molar-refractivity contribution is -0.384. The highest BCUT2D eigenvalue weighted by molar-refractivity contribution is 5.57. The van der Waals surface area contributed by atoms with Gasteiger partial charge in [-0.25, -0.2) is 4.68 Å². The summed E-state index contributed by atoms with van der Waals surface area (Å²) in [6.45, 7) is 3.28. The van der Waals surface area contributed by atoms with Gasteiger partial charge >= 0.3 is 5.69 Å². The van der Waals surface area contributed by atoms with Crippen LogP contribution in [0.3, 0.4) is 0 Å². The third-order valence-corrected chi connectivity index (χ3v) is 3.60. The Balaban J connectivity index is 2.26. The molecule has 0 aromatic carbocycles. The Morgan fingerprint density at radius 2 is 2.39 bits per heavy atom. The summed E-state index contributed by atoms with van der Waals surface area (Å²) in [6.07, 6.45) is 2.48. The number of anilines is 1. The van der Waals surface area contributed by atoms with Gasteiger partial charge in [0.25, 0.3) is 0 Å². The number of hydrogen-bond acceptors (Lipinski definition) is 5. The van der Waals surface area contributed by atoms with E-state index < -0.39 is 4.92 Å². The molecule has 7 heteroatoms. The molecule has 2 unspecified atom stereocenters. The third-order valence-electron chi connectivity index (χ3n) is 3.60. The summed E-state index contributed by atoms with van der Waals surface area (Å²) in [6, 6.07) is 0. The van der Waals surface area contributed by atoms with Crippen molar-refractivity contribution in [3.63, 3.8) is 0 Å². The highest BCUT2D eigenvalue weighted by Gasteiger charge is 2.32. The number of aliphatic hydroxyl groups excluding tert-OH is 1. The largest absolute Gasteiger partial charge is 0.393 e. The van der Waals surface area contributed by atoms with Crippen LogP contribution < -0.4 is 4.90 Å². The summed E-state index contributed by atoms with van der Waals surface area (Å²) in [5.41, 5.74) is 0.0312. The van der Waals surface area contributed by atoms with E-state index in [-0.39, 0.29) is 17.7 Å². The van der Waals surface area contributed by atoms with Gasteiger partial charge in [-0.1, -0.05) is 6.92 Å². The summed E-state index contributed by atoms with van der Waals surface area (Å²) < 4.78 is 1.53. The fourth-order valence-electron chi connectivity index (χ4n) is 2.53. The lowest BCUT2D eigenvalue weighted by Crippen LogP contribution is -2.43. The zero-order valence-corrected chi connectivity index (χ0v) is 10.6. The van der Waals surface area contributed by atoms with E-state index in [2.05, 4.69) is 5.10 Å². The summed E-state index contributed by atoms with van der Waals surface area (Å²) in [5.74, 6) is 0.693. The van der Waals surface area contributed by atoms with Gasteiger partial charge in [0.1, 0.15) is 6.20 Å². The van der Waals surface area contributed by atoms with Crippen molar-refractivity contribution in [2.75, 3.05) is 18.0 Å². The molecule has 1 N–H and O–H groups in total. The molecule has 100 valence electrons. The molecule has 1 aliphatic rings. The third kappa shape index (κ3) is 2.17. The van der Waals surface area contributed by atoms with Crippen molar-refractivity contribution in [2.45, 2.75) is 25.9 Å². The first-order valence-electron chi connectivity index (χ1n) is 6.14. The predicted octanol–water partition coefficient (Wildman–Crippen LogP) is 0.925. The van der Waals surface area contributed by atoms with Crippen LogP contribution in [0.25, 0.3) is 0 Å². The quantitative estimate of drug-likeness (QED) is 0.640. The molecule has 1 saturated heterocycles. The van der Waals surface area contributed by atoms with Gasteiger partial charge in [-0.05, 0) is 12.8 Å². The number of rotatable bonds is 3. The summed E-state index contributed by atoms with van der Waals surface area (Å²) in [7, 11) is 1.70. The van der Waals surface area contributed by atoms with Crippen molar-refractivity contribution in [3.8, 4) is 0 Å². The molecular weight excluding hydrogens is 236 g/mol. The maximum Gasteiger partial charge on any atom is 0.331 e. The molecule has 2 rings (SSSR count). The molecule has 0 aliphatic carbocycles. The van der Waals surface area contributed by atoms with Crippen molar-refractivity contribution >= 4 is 11.5 Å². The number of aliphatic hydroxyl groups is 1. The van der Waals surface area contributed by atoms with E-state index >= 15 is 0 Å². The van der Waals surface area contributed by atoms with Crippen molar-refractivity contribution in [2.24, 2.45) is 13.0 Å². The zero-order chi connectivity index (χ0) is 13.3. The van der Waals surface area contributed by atoms with E-state index in [9.17, 15) is 15.2 Å². The lowest BCUT2D eigenvalue weighted by atomic mass is 9.92. The minimum atomic E-state index is -0.408. The van der Waals surface area contributed by atoms with Crippen molar-refractivity contribution in [3.05, 3.63) is 16.3 Å². The Morgan fingerprint density at radius 3 is 3.00 bits per heavy atom. The van der Waals surface area contributed by atoms with Crippen LogP contribution in [0.5, 0.6) is 0 Å². The Bertz CT molecular complexity index is 445. The van der Waals surface area contributed by atoms with E-state index in [1.165, 1.54) is 10.9 Å². The SMILES string of the molecule is CCC1CN(c2c([N+](=O)[O-])cnn2C)CCC1O. The lowest BCUT2D eigenvalue weighted by Gasteiger charge is -2.36. The van der Waals surface area contributed by atoms with Crippen LogP contribution in [-0.2, 0) is 7.05 Å². The molecule has 7 nitrogen and oxygen atoms in total. The fourth-order valence-corrected chi connectivity index (χ4v) is 2.53. The van der Waals surface area contributed by atoms with Gasteiger partial charge in [0.2, 0.25) is 5.82 Å². The Hall–Kier alpha value is -1.63. The second-order valence-corrected chi connectivity index (χ2v) is 4.70. The van der Waals surface area contributed by atoms with Gasteiger partial charge in [-0.2, -0.15) is 5.10 Å². The minimum Gasteiger partial charge on any atom is -0.393 e. The molecule has 0 amide bonds. The van der Waals surface area contributed by atoms with E-state index in [1.54, 1.807) is 7.05 Å². The molecule has 2 heterocycles. The van der Waals surface area contributed by atoms with Gasteiger partial charge in [-0.15, -0.1) is 0 Å². The maximum absolute atomic E-state index is 11.0. The Kier molecular flexibility index (Phi) is 3.51. The molecule has 1 aliphatic heterocycles. The zero-order valence-electron chi connectivity index (χ0n) is 10.6. The smallest absolute Gasteiger partial charge is 0.331 e. The predicted molar refractivity (Wildman–Crippen MR) is 66.5 cm³/mol. The van der Waals surface area contributed by atoms with Gasteiger partial charge in [0.15, 0.2) is 0 Å². The molecular formula is C11H18N4O3. The summed E-state index contributed by atoms with van der Waals surface area (Å²) in [5, 5.41) is 24.8. The highest BCUT2D eigenvalue weighted by atomic mass is 16.6. The number of piperidine rings is 1. The minimum absolute atomic E-state index is 0.0312. The molecule has 18 heavy (non-hydrogen) atoms. The molecule has 1 aromatic heterocycles. The molecule has 1 aromatic rings. The van der Waals surface area contributed by atoms with Gasteiger partial charge in [0, 0.05) is 26.1 Å². The fraction of sp³-hybridized carbons (Fsp3) is 0.727. The number of aryl methyl sites for hydroxylation is 1. The van der Waals surface area contributed by atoms with Crippen LogP contribution >= 0.6 is 0 Å². The first-order chi connectivity index (χ1) is 8.54. The van der Waals surface area contributed by atoms with Crippen LogP contribution in [0.15, 0.2) is 6.20 Å². The monoisotopic (exact) mass is 254 g/mol. The van der Waals surface area contributed by atoms with E-state index in [1.807, 2.05) is 11.8 Å². The first kappa shape index (κ1) is 12.8. The van der Waals surface area contributed by atoms with Gasteiger partial charge < -0.3 is 10.0 Å². The molecule has 0 saturated carbocycles. The number of nitro groups is 1. The number of nitrogens with zero attached hydrogens (tertiary/aromatic N) is 4. The number of aromatic nitrogens is 2. The average molecular weight is 254 g/mol. The number of hydrogen-bond donors (Lipinski definition) is 1. The summed E-state index contributed by atoms with van der Waals surface area (Å²) >= 11 is 0. The van der Waals surface area contributed by atoms with E-state index in [0.717, 1.165) is 6.42 Å². The second kappa shape index (κ2) is 4.93. The normalized spacial score (nSPS) is 24.3. The van der Waals surface area contributed by atoms with Crippen molar-refractivity contribution in [1.29, 1.82) is 0 Å². The standard InChI is InChI=1S/C11H18N4O3/c1-3-8-7-14(5-4-10(8)16)11-9(15(17)18)6-12-13(11)2/h6,8,10,16H,3-5,7H2,1-2H3. The van der Waals surface area contributed by atoms with Crippen LogP contribution in [0.4, 0.5) is 11.5 Å². The maximum atomic E-state index is 11.0. The van der Waals surface area contributed by atoms with Gasteiger partial charge in [-0.3, -0.25) is 10.1 Å². The van der Waals surface area contributed by atoms with Crippen LogP contribution in [0.2, 0.25) is 0 Å². The Morgan fingerprint density at radius 1 is 1.67 bits per heavy atom. The molecule has 0 bridgehead atoms. The molecule has 0 radical (unpaired) electrons. The first-order valence-corrected chi connectivity index (χ1v) is 6.14. The molecule has 2 atom stereocenters.